The second kappa shape index (κ2) is 23.5. The molecule has 2 heterocycles. The predicted molar refractivity (Wildman–Crippen MR) is 235 cm³/mol. The van der Waals surface area contributed by atoms with Crippen LogP contribution in [0, 0.1) is 5.92 Å². The van der Waals surface area contributed by atoms with Crippen molar-refractivity contribution in [1.82, 2.24) is 40.4 Å². The van der Waals surface area contributed by atoms with E-state index < -0.39 is 102 Å². The molecule has 0 bridgehead atoms. The monoisotopic (exact) mass is 885 g/mol. The molecule has 18 heteroatoms. The van der Waals surface area contributed by atoms with Crippen LogP contribution < -0.4 is 16.0 Å². The van der Waals surface area contributed by atoms with E-state index in [0.717, 1.165) is 24.2 Å². The van der Waals surface area contributed by atoms with Crippen molar-refractivity contribution in [1.29, 1.82) is 0 Å². The third kappa shape index (κ3) is 15.3. The third-order valence-corrected chi connectivity index (χ3v) is 11.6. The largest absolute Gasteiger partial charge is 0.391 e. The van der Waals surface area contributed by atoms with E-state index in [1.165, 1.54) is 56.7 Å². The Hall–Kier alpha value is -5.10. The van der Waals surface area contributed by atoms with Crippen LogP contribution in [-0.4, -0.2) is 179 Å². The molecule has 8 amide bonds. The Morgan fingerprint density at radius 2 is 1.37 bits per heavy atom. The summed E-state index contributed by atoms with van der Waals surface area (Å²) in [5.74, 6) is -5.28. The van der Waals surface area contributed by atoms with Gasteiger partial charge in [0.15, 0.2) is 0 Å². The van der Waals surface area contributed by atoms with Crippen molar-refractivity contribution in [3.05, 3.63) is 35.9 Å². The fourth-order valence-corrected chi connectivity index (χ4v) is 7.43. The quantitative estimate of drug-likeness (QED) is 0.287. The van der Waals surface area contributed by atoms with Gasteiger partial charge >= 0.3 is 0 Å². The zero-order chi connectivity index (χ0) is 47.3. The minimum atomic E-state index is -1.55. The Morgan fingerprint density at radius 3 is 1.94 bits per heavy atom. The summed E-state index contributed by atoms with van der Waals surface area (Å²) < 4.78 is 5.98. The van der Waals surface area contributed by atoms with Gasteiger partial charge in [-0.15, -0.1) is 0 Å². The summed E-state index contributed by atoms with van der Waals surface area (Å²) in [5, 5.41) is 19.0. The zero-order valence-corrected chi connectivity index (χ0v) is 39.1. The van der Waals surface area contributed by atoms with Crippen LogP contribution in [0.1, 0.15) is 92.6 Å². The highest BCUT2D eigenvalue weighted by Crippen LogP contribution is 2.18. The average Bonchev–Trinajstić information content (AvgIpc) is 3.24. The lowest BCUT2D eigenvalue weighted by molar-refractivity contribution is -0.148. The molecule has 2 saturated heterocycles. The molecule has 1 aromatic rings. The zero-order valence-electron chi connectivity index (χ0n) is 39.1. The first-order chi connectivity index (χ1) is 29.4. The Balaban J connectivity index is 2.14. The number of aliphatic hydroxyl groups excluding tert-OH is 1. The van der Waals surface area contributed by atoms with Crippen LogP contribution in [0.3, 0.4) is 0 Å². The predicted octanol–water partition coefficient (Wildman–Crippen LogP) is 0.691. The third-order valence-electron chi connectivity index (χ3n) is 11.6. The molecule has 0 unspecified atom stereocenters. The standard InChI is InChI=1S/C45H72N8O10/c1-28(2)24-34-40(58)46-32(43(61)53-21-16-13-17-22-53)26-37(56)49(8)23-20-36(55)51(10)35(25-31-18-14-12-15-19-31)41(59)48-38(30(4)54)44(62)50(9)29(3)39(57)47-33(42(60)52(34)11)27-63-45(5,6)7/h12,14-15,18-19,28-30,32-35,38,54H,13,16-17,20-27H2,1-11H3,(H,46,58)(H,47,57)(H,48,59)/t29-,30+,32-,33-,34-,35-,38-/m0/s1. The lowest BCUT2D eigenvalue weighted by atomic mass is 10.00. The van der Waals surface area contributed by atoms with Crippen LogP contribution in [0.5, 0.6) is 0 Å². The minimum Gasteiger partial charge on any atom is -0.391 e. The summed E-state index contributed by atoms with van der Waals surface area (Å²) in [6.45, 7) is 12.3. The maximum atomic E-state index is 14.5. The van der Waals surface area contributed by atoms with Crippen molar-refractivity contribution in [2.24, 2.45) is 5.92 Å². The smallest absolute Gasteiger partial charge is 0.248 e. The van der Waals surface area contributed by atoms with E-state index in [1.54, 1.807) is 56.0 Å². The van der Waals surface area contributed by atoms with Crippen molar-refractivity contribution in [2.75, 3.05) is 54.4 Å². The van der Waals surface area contributed by atoms with Crippen molar-refractivity contribution in [3.8, 4) is 0 Å². The summed E-state index contributed by atoms with van der Waals surface area (Å²) >= 11 is 0. The second-order valence-corrected chi connectivity index (χ2v) is 18.4. The van der Waals surface area contributed by atoms with E-state index in [1.807, 2.05) is 13.8 Å². The van der Waals surface area contributed by atoms with Crippen LogP contribution in [0.2, 0.25) is 0 Å². The van der Waals surface area contributed by atoms with Gasteiger partial charge in [0, 0.05) is 60.7 Å². The average molecular weight is 885 g/mol. The number of hydrogen-bond acceptors (Lipinski definition) is 10. The second-order valence-electron chi connectivity index (χ2n) is 18.4. The first-order valence-corrected chi connectivity index (χ1v) is 22.0. The molecular formula is C45H72N8O10. The Bertz CT molecular complexity index is 1760. The molecule has 4 N–H and O–H groups in total. The topological polar surface area (TPSA) is 218 Å². The molecule has 0 aromatic heterocycles. The number of nitrogens with zero attached hydrogens (tertiary/aromatic N) is 5. The molecule has 0 saturated carbocycles. The number of nitrogens with one attached hydrogen (secondary N) is 3. The number of aliphatic hydroxyl groups is 1. The molecule has 2 aliphatic heterocycles. The number of hydrogen-bond donors (Lipinski definition) is 4. The molecule has 7 atom stereocenters. The van der Waals surface area contributed by atoms with E-state index in [4.69, 9.17) is 4.74 Å². The maximum Gasteiger partial charge on any atom is 0.248 e. The van der Waals surface area contributed by atoms with Gasteiger partial charge in [0.1, 0.15) is 36.3 Å². The molecule has 63 heavy (non-hydrogen) atoms. The van der Waals surface area contributed by atoms with Gasteiger partial charge in [-0.25, -0.2) is 0 Å². The van der Waals surface area contributed by atoms with Gasteiger partial charge in [-0.05, 0) is 71.8 Å². The fraction of sp³-hybridized carbons (Fsp3) is 0.689. The first-order valence-electron chi connectivity index (χ1n) is 22.0. The van der Waals surface area contributed by atoms with Crippen LogP contribution in [0.25, 0.3) is 0 Å². The molecule has 0 radical (unpaired) electrons. The van der Waals surface area contributed by atoms with Crippen molar-refractivity contribution < 1.29 is 48.2 Å². The number of piperidine rings is 1. The summed E-state index contributed by atoms with van der Waals surface area (Å²) in [7, 11) is 5.66. The first kappa shape index (κ1) is 52.2. The van der Waals surface area contributed by atoms with Crippen molar-refractivity contribution in [3.63, 3.8) is 0 Å². The number of likely N-dealkylation sites (N-methyl/N-ethyl adjacent to an activating group) is 3. The van der Waals surface area contributed by atoms with Crippen LogP contribution >= 0.6 is 0 Å². The number of amides is 8. The number of benzene rings is 1. The van der Waals surface area contributed by atoms with Gasteiger partial charge in [-0.2, -0.15) is 0 Å². The summed E-state index contributed by atoms with van der Waals surface area (Å²) in [6, 6.07) is 1.15. The Labute approximate surface area is 372 Å². The maximum absolute atomic E-state index is 14.5. The molecule has 0 spiro atoms. The molecule has 2 fully saturated rings. The molecule has 0 aliphatic carbocycles. The van der Waals surface area contributed by atoms with Crippen molar-refractivity contribution in [2.45, 2.75) is 141 Å². The van der Waals surface area contributed by atoms with Crippen LogP contribution in [0.4, 0.5) is 0 Å². The van der Waals surface area contributed by atoms with E-state index in [-0.39, 0.29) is 38.3 Å². The minimum absolute atomic E-state index is 0.0390. The normalized spacial score (nSPS) is 25.8. The molecule has 2 aliphatic rings. The molecule has 1 aromatic carbocycles. The lowest BCUT2D eigenvalue weighted by Crippen LogP contribution is -2.62. The van der Waals surface area contributed by atoms with Gasteiger partial charge in [-0.3, -0.25) is 38.4 Å². The SMILES string of the molecule is CC(C)C[C@H]1C(=O)N[C@H](C(=O)N2CCCCC2)CC(=O)N(C)CCC(=O)N(C)[C@@H](Cc2ccccc2)C(=O)N[C@@H]([C@@H](C)O)C(=O)N(C)[C@@H](C)C(=O)N[C@@H](COC(C)(C)C)C(=O)N1C. The number of likely N-dealkylation sites (tertiary alicyclic amines) is 1. The van der Waals surface area contributed by atoms with Gasteiger partial charge in [0.2, 0.25) is 47.3 Å². The molecular weight excluding hydrogens is 813 g/mol. The number of rotatable bonds is 8. The molecule has 18 nitrogen and oxygen atoms in total. The van der Waals surface area contributed by atoms with Crippen molar-refractivity contribution >= 4 is 47.3 Å². The fourth-order valence-electron chi connectivity index (χ4n) is 7.43. The molecule has 352 valence electrons. The van der Waals surface area contributed by atoms with Crippen LogP contribution in [0.15, 0.2) is 30.3 Å². The van der Waals surface area contributed by atoms with Gasteiger partial charge < -0.3 is 50.3 Å². The highest BCUT2D eigenvalue weighted by Gasteiger charge is 2.40. The Morgan fingerprint density at radius 1 is 0.762 bits per heavy atom. The van der Waals surface area contributed by atoms with E-state index in [2.05, 4.69) is 16.0 Å². The van der Waals surface area contributed by atoms with E-state index in [9.17, 15) is 43.5 Å². The van der Waals surface area contributed by atoms with Gasteiger partial charge in [-0.1, -0.05) is 44.2 Å². The summed E-state index contributed by atoms with van der Waals surface area (Å²) in [5.41, 5.74) is -0.0470. The van der Waals surface area contributed by atoms with Gasteiger partial charge in [0.25, 0.3) is 0 Å². The Kier molecular flexibility index (Phi) is 19.5. The van der Waals surface area contributed by atoms with E-state index >= 15 is 0 Å². The summed E-state index contributed by atoms with van der Waals surface area (Å²) in [4.78, 5) is 119. The highest BCUT2D eigenvalue weighted by atomic mass is 16.5. The summed E-state index contributed by atoms with van der Waals surface area (Å²) in [6.07, 6.45) is 0.578. The number of carbonyl (C=O) groups is 8. The lowest BCUT2D eigenvalue weighted by Gasteiger charge is -2.35. The number of ether oxygens (including phenoxy) is 1. The number of carbonyl (C=O) groups excluding carboxylic acids is 8. The van der Waals surface area contributed by atoms with Crippen LogP contribution in [-0.2, 0) is 49.5 Å². The van der Waals surface area contributed by atoms with E-state index in [0.29, 0.717) is 18.7 Å². The molecule has 3 rings (SSSR count). The van der Waals surface area contributed by atoms with Gasteiger partial charge in [0.05, 0.1) is 24.7 Å². The highest BCUT2D eigenvalue weighted by molar-refractivity contribution is 5.98.